The lowest BCUT2D eigenvalue weighted by Crippen LogP contribution is -2.11. The zero-order valence-electron chi connectivity index (χ0n) is 16.8. The lowest BCUT2D eigenvalue weighted by molar-refractivity contribution is 0.102. The fourth-order valence-corrected chi connectivity index (χ4v) is 5.02. The van der Waals surface area contributed by atoms with E-state index < -0.39 is 0 Å². The van der Waals surface area contributed by atoms with E-state index in [1.54, 1.807) is 31.4 Å². The summed E-state index contributed by atoms with van der Waals surface area (Å²) in [4.78, 5) is 16.9. The Morgan fingerprint density at radius 1 is 1.27 bits per heavy atom. The molecule has 3 aromatic rings. The van der Waals surface area contributed by atoms with Gasteiger partial charge in [-0.3, -0.25) is 9.89 Å². The monoisotopic (exact) mass is 444 g/mol. The molecule has 0 bridgehead atoms. The summed E-state index contributed by atoms with van der Waals surface area (Å²) in [5.74, 6) is 2.82. The number of ether oxygens (including phenoxy) is 1. The van der Waals surface area contributed by atoms with Gasteiger partial charge in [0.1, 0.15) is 16.6 Å². The van der Waals surface area contributed by atoms with Crippen LogP contribution in [0.5, 0.6) is 5.75 Å². The number of aryl methyl sites for hydroxylation is 1. The second-order valence-corrected chi connectivity index (χ2v) is 9.23. The Labute approximate surface area is 183 Å². The molecule has 0 radical (unpaired) electrons. The van der Waals surface area contributed by atoms with Gasteiger partial charge in [0.15, 0.2) is 0 Å². The van der Waals surface area contributed by atoms with Crippen LogP contribution in [0.2, 0.25) is 0 Å². The van der Waals surface area contributed by atoms with E-state index in [2.05, 4.69) is 30.7 Å². The molecule has 0 unspecified atom stereocenters. The third-order valence-corrected chi connectivity index (χ3v) is 7.07. The van der Waals surface area contributed by atoms with Gasteiger partial charge >= 0.3 is 0 Å². The molecular weight excluding hydrogens is 420 g/mol. The number of methoxy groups -OCH3 is 1. The SMILES string of the molecule is COc1ccc(NC(=O)c2nnc(CSc3n[nH]c(CCC4CCCC4)n3)s2)cc1. The summed E-state index contributed by atoms with van der Waals surface area (Å²) >= 11 is 2.77. The Kier molecular flexibility index (Phi) is 6.96. The Hall–Kier alpha value is -2.46. The number of hydrogen-bond donors (Lipinski definition) is 2. The van der Waals surface area contributed by atoms with E-state index in [-0.39, 0.29) is 5.91 Å². The number of carbonyl (C=O) groups excluding carboxylic acids is 1. The highest BCUT2D eigenvalue weighted by molar-refractivity contribution is 7.98. The van der Waals surface area contributed by atoms with Crippen LogP contribution in [0.4, 0.5) is 5.69 Å². The van der Waals surface area contributed by atoms with Gasteiger partial charge in [-0.1, -0.05) is 48.8 Å². The summed E-state index contributed by atoms with van der Waals surface area (Å²) in [6.07, 6.45) is 7.56. The predicted molar refractivity (Wildman–Crippen MR) is 117 cm³/mol. The number of anilines is 1. The maximum atomic E-state index is 12.4. The van der Waals surface area contributed by atoms with Crippen LogP contribution in [-0.2, 0) is 12.2 Å². The highest BCUT2D eigenvalue weighted by Gasteiger charge is 2.17. The molecule has 1 amide bonds. The van der Waals surface area contributed by atoms with Crippen molar-refractivity contribution in [3.8, 4) is 5.75 Å². The van der Waals surface area contributed by atoms with Crippen molar-refractivity contribution in [2.24, 2.45) is 5.92 Å². The minimum absolute atomic E-state index is 0.277. The first-order valence-electron chi connectivity index (χ1n) is 10.0. The second-order valence-electron chi connectivity index (χ2n) is 7.23. The number of thioether (sulfide) groups is 1. The van der Waals surface area contributed by atoms with Crippen molar-refractivity contribution in [2.75, 3.05) is 12.4 Å². The smallest absolute Gasteiger partial charge is 0.286 e. The van der Waals surface area contributed by atoms with Crippen molar-refractivity contribution in [3.63, 3.8) is 0 Å². The van der Waals surface area contributed by atoms with Gasteiger partial charge in [0.25, 0.3) is 5.91 Å². The van der Waals surface area contributed by atoms with Gasteiger partial charge in [0.2, 0.25) is 10.2 Å². The standard InChI is InChI=1S/C20H24N6O2S2/c1-28-15-9-7-14(8-10-15)21-18(27)19-25-24-17(30-19)12-29-20-22-16(23-26-20)11-6-13-4-2-3-5-13/h7-10,13H,2-6,11-12H2,1H3,(H,21,27)(H,22,23,26). The van der Waals surface area contributed by atoms with E-state index in [1.165, 1.54) is 55.2 Å². The largest absolute Gasteiger partial charge is 0.497 e. The maximum absolute atomic E-state index is 12.4. The molecule has 30 heavy (non-hydrogen) atoms. The minimum atomic E-state index is -0.277. The average Bonchev–Trinajstić information content (AvgIpc) is 3.53. The van der Waals surface area contributed by atoms with Crippen LogP contribution in [0, 0.1) is 5.92 Å². The zero-order chi connectivity index (χ0) is 20.8. The van der Waals surface area contributed by atoms with Crippen molar-refractivity contribution in [3.05, 3.63) is 40.1 Å². The molecule has 0 saturated heterocycles. The average molecular weight is 445 g/mol. The molecule has 1 saturated carbocycles. The van der Waals surface area contributed by atoms with Crippen LogP contribution in [0.25, 0.3) is 0 Å². The van der Waals surface area contributed by atoms with Crippen molar-refractivity contribution in [1.29, 1.82) is 0 Å². The minimum Gasteiger partial charge on any atom is -0.497 e. The molecule has 4 rings (SSSR count). The summed E-state index contributed by atoms with van der Waals surface area (Å²) in [5.41, 5.74) is 0.679. The van der Waals surface area contributed by atoms with Crippen molar-refractivity contribution < 1.29 is 9.53 Å². The number of aromatic nitrogens is 5. The molecule has 8 nitrogen and oxygen atoms in total. The van der Waals surface area contributed by atoms with Crippen molar-refractivity contribution in [1.82, 2.24) is 25.4 Å². The van der Waals surface area contributed by atoms with E-state index >= 15 is 0 Å². The first kappa shape index (κ1) is 20.8. The van der Waals surface area contributed by atoms with Crippen LogP contribution in [0.3, 0.4) is 0 Å². The van der Waals surface area contributed by atoms with Gasteiger partial charge in [-0.2, -0.15) is 0 Å². The Morgan fingerprint density at radius 3 is 2.83 bits per heavy atom. The van der Waals surface area contributed by atoms with Gasteiger partial charge in [-0.25, -0.2) is 4.98 Å². The summed E-state index contributed by atoms with van der Waals surface area (Å²) < 4.78 is 5.12. The number of amides is 1. The number of nitrogens with zero attached hydrogens (tertiary/aromatic N) is 4. The number of nitrogens with one attached hydrogen (secondary N) is 2. The van der Waals surface area contributed by atoms with E-state index in [1.807, 2.05) is 0 Å². The third-order valence-electron chi connectivity index (χ3n) is 5.11. The lowest BCUT2D eigenvalue weighted by Gasteiger charge is -2.05. The number of carbonyl (C=O) groups is 1. The quantitative estimate of drug-likeness (QED) is 0.473. The molecule has 2 N–H and O–H groups in total. The number of hydrogen-bond acceptors (Lipinski definition) is 8. The van der Waals surface area contributed by atoms with Crippen LogP contribution in [-0.4, -0.2) is 38.4 Å². The fourth-order valence-electron chi connectivity index (χ4n) is 3.48. The molecule has 2 heterocycles. The molecule has 158 valence electrons. The predicted octanol–water partition coefficient (Wildman–Crippen LogP) is 4.33. The number of benzene rings is 1. The fraction of sp³-hybridized carbons (Fsp3) is 0.450. The molecule has 2 aromatic heterocycles. The maximum Gasteiger partial charge on any atom is 0.286 e. The number of H-pyrrole nitrogens is 1. The van der Waals surface area contributed by atoms with Gasteiger partial charge in [-0.15, -0.1) is 15.3 Å². The van der Waals surface area contributed by atoms with E-state index in [4.69, 9.17) is 4.74 Å². The van der Waals surface area contributed by atoms with Gasteiger partial charge in [-0.05, 0) is 36.6 Å². The molecule has 10 heteroatoms. The summed E-state index contributed by atoms with van der Waals surface area (Å²) in [6, 6.07) is 7.14. The number of aromatic amines is 1. The van der Waals surface area contributed by atoms with Crippen LogP contribution in [0.15, 0.2) is 29.4 Å². The summed E-state index contributed by atoms with van der Waals surface area (Å²) in [7, 11) is 1.60. The molecule has 1 aromatic carbocycles. The van der Waals surface area contributed by atoms with Gasteiger partial charge in [0, 0.05) is 12.1 Å². The van der Waals surface area contributed by atoms with E-state index in [0.717, 1.165) is 28.9 Å². The Bertz CT molecular complexity index is 966. The molecule has 1 fully saturated rings. The molecule has 0 spiro atoms. The third kappa shape index (κ3) is 5.57. The van der Waals surface area contributed by atoms with E-state index in [0.29, 0.717) is 21.6 Å². The highest BCUT2D eigenvalue weighted by atomic mass is 32.2. The molecule has 0 atom stereocenters. The molecule has 1 aliphatic rings. The second kappa shape index (κ2) is 10.0. The summed E-state index contributed by atoms with van der Waals surface area (Å²) in [5, 5.41) is 20.1. The first-order valence-corrected chi connectivity index (χ1v) is 11.8. The van der Waals surface area contributed by atoms with E-state index in [9.17, 15) is 4.79 Å². The first-order chi connectivity index (χ1) is 14.7. The Balaban J connectivity index is 1.25. The highest BCUT2D eigenvalue weighted by Crippen LogP contribution is 2.28. The van der Waals surface area contributed by atoms with Gasteiger partial charge in [0.05, 0.1) is 12.9 Å². The molecular formula is C20H24N6O2S2. The molecule has 1 aliphatic carbocycles. The Morgan fingerprint density at radius 2 is 2.07 bits per heavy atom. The van der Waals surface area contributed by atoms with Gasteiger partial charge < -0.3 is 10.1 Å². The summed E-state index contributed by atoms with van der Waals surface area (Å²) in [6.45, 7) is 0. The normalized spacial score (nSPS) is 14.2. The topological polar surface area (TPSA) is 106 Å². The van der Waals surface area contributed by atoms with Crippen molar-refractivity contribution in [2.45, 2.75) is 49.4 Å². The zero-order valence-corrected chi connectivity index (χ0v) is 18.4. The lowest BCUT2D eigenvalue weighted by atomic mass is 10.0. The van der Waals surface area contributed by atoms with Crippen LogP contribution in [0.1, 0.15) is 52.7 Å². The van der Waals surface area contributed by atoms with Crippen LogP contribution < -0.4 is 10.1 Å². The van der Waals surface area contributed by atoms with Crippen molar-refractivity contribution >= 4 is 34.7 Å². The molecule has 0 aliphatic heterocycles. The van der Waals surface area contributed by atoms with Crippen LogP contribution >= 0.6 is 23.1 Å². The number of rotatable bonds is 9.